The van der Waals surface area contributed by atoms with Crippen LogP contribution in [0.2, 0.25) is 0 Å². The van der Waals surface area contributed by atoms with Gasteiger partial charge in [-0.1, -0.05) is 5.23 Å². The lowest BCUT2D eigenvalue weighted by atomic mass is 10.2. The summed E-state index contributed by atoms with van der Waals surface area (Å²) in [5, 5.41) is 3.92. The van der Waals surface area contributed by atoms with Crippen LogP contribution in [0.15, 0.2) is 0 Å². The Kier molecular flexibility index (Phi) is 4.65. The van der Waals surface area contributed by atoms with Gasteiger partial charge in [0.2, 0.25) is 0 Å². The van der Waals surface area contributed by atoms with Crippen molar-refractivity contribution in [3.63, 3.8) is 0 Å². The second kappa shape index (κ2) is 5.55. The Morgan fingerprint density at radius 2 is 2.33 bits per heavy atom. The van der Waals surface area contributed by atoms with Gasteiger partial charge in [0.25, 0.3) is 0 Å². The molecule has 0 bridgehead atoms. The molecule has 1 aliphatic heterocycles. The summed E-state index contributed by atoms with van der Waals surface area (Å²) in [6.45, 7) is 6.32. The second-order valence-corrected chi connectivity index (χ2v) is 4.54. The van der Waals surface area contributed by atoms with Crippen molar-refractivity contribution in [3.05, 3.63) is 0 Å². The van der Waals surface area contributed by atoms with Crippen molar-refractivity contribution in [2.45, 2.75) is 26.4 Å². The molecule has 0 spiro atoms. The first-order valence-corrected chi connectivity index (χ1v) is 5.55. The molecule has 1 saturated heterocycles. The molecule has 0 aromatic heterocycles. The van der Waals surface area contributed by atoms with Crippen LogP contribution in [-0.2, 0) is 13.9 Å². The molecule has 0 aliphatic carbocycles. The van der Waals surface area contributed by atoms with Crippen molar-refractivity contribution in [2.24, 2.45) is 0 Å². The van der Waals surface area contributed by atoms with E-state index in [9.17, 15) is 4.79 Å². The third kappa shape index (κ3) is 5.83. The van der Waals surface area contributed by atoms with E-state index in [1.165, 1.54) is 17.3 Å². The lowest BCUT2D eigenvalue weighted by Crippen LogP contribution is -2.36. The van der Waals surface area contributed by atoms with E-state index < -0.39 is 11.7 Å². The zero-order valence-corrected chi connectivity index (χ0v) is 9.93. The van der Waals surface area contributed by atoms with Gasteiger partial charge in [-0.05, 0) is 20.8 Å². The fraction of sp³-hybridized carbons (Fsp3) is 0.875. The van der Waals surface area contributed by atoms with Crippen LogP contribution in [0.1, 0.15) is 20.8 Å². The summed E-state index contributed by atoms with van der Waals surface area (Å²) < 4.78 is 10.0. The zero-order chi connectivity index (χ0) is 11.3. The summed E-state index contributed by atoms with van der Waals surface area (Å²) >= 11 is 1.21. The minimum atomic E-state index is -0.472. The first-order chi connectivity index (χ1) is 6.97. The molecule has 1 fully saturated rings. The van der Waals surface area contributed by atoms with Crippen LogP contribution in [0.4, 0.5) is 4.79 Å². The highest BCUT2D eigenvalue weighted by Gasteiger charge is 2.17. The number of carbonyl (C=O) groups excluding carboxylic acids is 1. The number of nitrogens with zero attached hydrogens (tertiary/aromatic N) is 1. The highest BCUT2D eigenvalue weighted by atomic mass is 32.2. The molecule has 0 saturated carbocycles. The topological polar surface area (TPSA) is 60.0 Å². The van der Waals surface area contributed by atoms with Gasteiger partial charge in [-0.3, -0.25) is 4.84 Å². The largest absolute Gasteiger partial charge is 0.444 e. The number of hydrogen-bond acceptors (Lipinski definition) is 6. The van der Waals surface area contributed by atoms with Crippen molar-refractivity contribution in [1.82, 2.24) is 10.5 Å². The zero-order valence-electron chi connectivity index (χ0n) is 9.11. The van der Waals surface area contributed by atoms with E-state index in [4.69, 9.17) is 13.9 Å². The molecule has 1 rings (SSSR count). The maximum atomic E-state index is 11.2. The van der Waals surface area contributed by atoms with E-state index in [0.717, 1.165) is 0 Å². The maximum Gasteiger partial charge on any atom is 0.407 e. The van der Waals surface area contributed by atoms with Gasteiger partial charge < -0.3 is 10.1 Å². The molecular formula is C8H16N2O4S. The first kappa shape index (κ1) is 12.6. The quantitative estimate of drug-likeness (QED) is 0.745. The Morgan fingerprint density at radius 3 is 2.87 bits per heavy atom. The molecule has 6 nitrogen and oxygen atoms in total. The summed E-state index contributed by atoms with van der Waals surface area (Å²) in [5.41, 5.74) is -0.472. The molecule has 1 aliphatic rings. The average molecular weight is 236 g/mol. The molecule has 0 atom stereocenters. The van der Waals surface area contributed by atoms with Gasteiger partial charge in [0.15, 0.2) is 0 Å². The Bertz CT molecular complexity index is 213. The molecule has 7 heteroatoms. The SMILES string of the molecule is CC(C)(C)OC(=O)NCCN1OCSO1. The molecule has 0 radical (unpaired) electrons. The molecule has 1 heterocycles. The van der Waals surface area contributed by atoms with Gasteiger partial charge in [0, 0.05) is 18.6 Å². The standard InChI is InChI=1S/C8H16N2O4S/c1-8(2,3)13-7(11)9-4-5-10-12-6-15-14-10/h4-6H2,1-3H3,(H,9,11). The van der Waals surface area contributed by atoms with Crippen molar-refractivity contribution >= 4 is 18.1 Å². The highest BCUT2D eigenvalue weighted by molar-refractivity contribution is 7.94. The number of hydrogen-bond donors (Lipinski definition) is 1. The molecule has 1 amide bonds. The van der Waals surface area contributed by atoms with E-state index in [2.05, 4.69) is 5.32 Å². The van der Waals surface area contributed by atoms with E-state index in [0.29, 0.717) is 19.0 Å². The summed E-state index contributed by atoms with van der Waals surface area (Å²) in [7, 11) is 0. The van der Waals surface area contributed by atoms with Crippen LogP contribution < -0.4 is 5.32 Å². The van der Waals surface area contributed by atoms with Crippen molar-refractivity contribution in [2.75, 3.05) is 19.0 Å². The van der Waals surface area contributed by atoms with Crippen molar-refractivity contribution < 1.29 is 18.7 Å². The molecule has 0 unspecified atom stereocenters. The van der Waals surface area contributed by atoms with Gasteiger partial charge >= 0.3 is 6.09 Å². The lowest BCUT2D eigenvalue weighted by Gasteiger charge is -2.20. The van der Waals surface area contributed by atoms with Crippen LogP contribution in [0, 0.1) is 0 Å². The minimum Gasteiger partial charge on any atom is -0.444 e. The van der Waals surface area contributed by atoms with E-state index in [1.54, 1.807) is 0 Å². The van der Waals surface area contributed by atoms with Gasteiger partial charge in [0.05, 0.1) is 6.54 Å². The number of amides is 1. The number of alkyl carbamates (subject to hydrolysis) is 1. The smallest absolute Gasteiger partial charge is 0.407 e. The minimum absolute atomic E-state index is 0.412. The van der Waals surface area contributed by atoms with Crippen LogP contribution in [0.3, 0.4) is 0 Å². The van der Waals surface area contributed by atoms with Crippen LogP contribution in [0.5, 0.6) is 0 Å². The number of hydroxylamine groups is 2. The van der Waals surface area contributed by atoms with Gasteiger partial charge in [-0.15, -0.1) is 0 Å². The van der Waals surface area contributed by atoms with Crippen molar-refractivity contribution in [1.29, 1.82) is 0 Å². The number of rotatable bonds is 3. The van der Waals surface area contributed by atoms with Crippen molar-refractivity contribution in [3.8, 4) is 0 Å². The Morgan fingerprint density at radius 1 is 1.60 bits per heavy atom. The number of carbonyl (C=O) groups is 1. The van der Waals surface area contributed by atoms with E-state index >= 15 is 0 Å². The molecule has 0 aromatic rings. The van der Waals surface area contributed by atoms with Gasteiger partial charge in [0.1, 0.15) is 11.5 Å². The fourth-order valence-electron chi connectivity index (χ4n) is 0.847. The molecule has 0 aromatic carbocycles. The first-order valence-electron chi connectivity index (χ1n) is 4.64. The van der Waals surface area contributed by atoms with Crippen LogP contribution in [-0.4, -0.2) is 35.9 Å². The normalized spacial score (nSPS) is 17.8. The number of nitrogens with one attached hydrogen (secondary N) is 1. The molecule has 88 valence electrons. The average Bonchev–Trinajstić information content (AvgIpc) is 2.53. The Hall–Kier alpha value is -0.500. The summed E-state index contributed by atoms with van der Waals surface area (Å²) in [5.74, 6) is 0.479. The highest BCUT2D eigenvalue weighted by Crippen LogP contribution is 2.15. The third-order valence-electron chi connectivity index (χ3n) is 1.34. The maximum absolute atomic E-state index is 11.2. The Balaban J connectivity index is 2.06. The summed E-state index contributed by atoms with van der Waals surface area (Å²) in [6.07, 6.45) is -0.436. The molecule has 1 N–H and O–H groups in total. The predicted octanol–water partition coefficient (Wildman–Crippen LogP) is 1.30. The monoisotopic (exact) mass is 236 g/mol. The molecule has 15 heavy (non-hydrogen) atoms. The third-order valence-corrected chi connectivity index (χ3v) is 1.82. The van der Waals surface area contributed by atoms with E-state index in [1.807, 2.05) is 20.8 Å². The van der Waals surface area contributed by atoms with Gasteiger partial charge in [-0.25, -0.2) is 9.08 Å². The van der Waals surface area contributed by atoms with Gasteiger partial charge in [-0.2, -0.15) is 0 Å². The lowest BCUT2D eigenvalue weighted by molar-refractivity contribution is -0.273. The predicted molar refractivity (Wildman–Crippen MR) is 55.6 cm³/mol. The van der Waals surface area contributed by atoms with Crippen LogP contribution >= 0.6 is 12.0 Å². The second-order valence-electron chi connectivity index (χ2n) is 3.92. The number of ether oxygens (including phenoxy) is 1. The van der Waals surface area contributed by atoms with E-state index in [-0.39, 0.29) is 0 Å². The Labute approximate surface area is 93.3 Å². The summed E-state index contributed by atoms with van der Waals surface area (Å²) in [4.78, 5) is 16.2. The van der Waals surface area contributed by atoms with Crippen LogP contribution in [0.25, 0.3) is 0 Å². The fourth-order valence-corrected chi connectivity index (χ4v) is 1.29. The summed E-state index contributed by atoms with van der Waals surface area (Å²) in [6, 6.07) is 0. The molecular weight excluding hydrogens is 220 g/mol.